The Morgan fingerprint density at radius 2 is 2.00 bits per heavy atom. The molecule has 1 N–H and O–H groups in total. The van der Waals surface area contributed by atoms with E-state index in [1.54, 1.807) is 0 Å². The third-order valence-electron chi connectivity index (χ3n) is 1.88. The van der Waals surface area contributed by atoms with Crippen molar-refractivity contribution in [1.82, 2.24) is 5.32 Å². The lowest BCUT2D eigenvalue weighted by molar-refractivity contribution is 0.250. The largest absolute Gasteiger partial charge is 0.316 e. The molecule has 0 aliphatic carbocycles. The molecule has 0 radical (unpaired) electrons. The molecule has 2 atom stereocenters. The predicted octanol–water partition coefficient (Wildman–Crippen LogP) is 2.23. The van der Waals surface area contributed by atoms with E-state index in [1.807, 2.05) is 13.8 Å². The first kappa shape index (κ1) is 10.9. The van der Waals surface area contributed by atoms with Crippen LogP contribution in [0.25, 0.3) is 0 Å². The lowest BCUT2D eigenvalue weighted by Gasteiger charge is -2.25. The first-order chi connectivity index (χ1) is 5.33. The highest BCUT2D eigenvalue weighted by Crippen LogP contribution is 2.15. The Labute approximate surface area is 69.4 Å². The van der Waals surface area contributed by atoms with Crippen molar-refractivity contribution in [2.75, 3.05) is 19.8 Å². The Morgan fingerprint density at radius 3 is 2.36 bits per heavy atom. The molecular weight excluding hydrogens is 141 g/mol. The van der Waals surface area contributed by atoms with E-state index < -0.39 is 0 Å². The van der Waals surface area contributed by atoms with Crippen molar-refractivity contribution in [1.29, 1.82) is 0 Å². The zero-order valence-corrected chi connectivity index (χ0v) is 7.86. The number of piperidine rings is 1. The molecule has 0 saturated carbocycles. The van der Waals surface area contributed by atoms with Gasteiger partial charge in [-0.2, -0.15) is 0 Å². The summed E-state index contributed by atoms with van der Waals surface area (Å²) in [5.41, 5.74) is 0. The molecule has 0 amide bonds. The van der Waals surface area contributed by atoms with E-state index in [1.165, 1.54) is 0 Å². The van der Waals surface area contributed by atoms with Crippen molar-refractivity contribution >= 4 is 0 Å². The average Bonchev–Trinajstić information content (AvgIpc) is 2.08. The summed E-state index contributed by atoms with van der Waals surface area (Å²) in [5, 5.41) is 3.20. The molecule has 0 aromatic rings. The zero-order valence-electron chi connectivity index (χ0n) is 7.86. The summed E-state index contributed by atoms with van der Waals surface area (Å²) in [6.07, 6.45) is 1.06. The van der Waals surface area contributed by atoms with Crippen LogP contribution in [0.2, 0.25) is 0 Å². The van der Waals surface area contributed by atoms with Gasteiger partial charge in [-0.25, -0.2) is 0 Å². The van der Waals surface area contributed by atoms with E-state index in [-0.39, 0.29) is 12.6 Å². The van der Waals surface area contributed by atoms with Gasteiger partial charge >= 0.3 is 0 Å². The molecule has 2 unspecified atom stereocenters. The summed E-state index contributed by atoms with van der Waals surface area (Å²) in [4.78, 5) is 0. The summed E-state index contributed by atoms with van der Waals surface area (Å²) in [5.74, 6) is 0.952. The second-order valence-corrected chi connectivity index (χ2v) is 3.02. The highest BCUT2D eigenvalue weighted by Gasteiger charge is 2.17. The third kappa shape index (κ3) is 4.35. The number of halogens is 1. The second kappa shape index (κ2) is 6.59. The minimum Gasteiger partial charge on any atom is -0.316 e. The van der Waals surface area contributed by atoms with Crippen molar-refractivity contribution in [3.8, 4) is 0 Å². The number of nitrogens with one attached hydrogen (secondary N) is 1. The van der Waals surface area contributed by atoms with Crippen LogP contribution in [0.5, 0.6) is 0 Å². The van der Waals surface area contributed by atoms with E-state index >= 15 is 0 Å². The second-order valence-electron chi connectivity index (χ2n) is 3.02. The summed E-state index contributed by atoms with van der Waals surface area (Å²) in [6.45, 7) is 7.95. The van der Waals surface area contributed by atoms with Gasteiger partial charge in [0.05, 0.1) is 6.67 Å². The molecule has 0 aromatic heterocycles. The minimum atomic E-state index is -0.155. The van der Waals surface area contributed by atoms with Crippen LogP contribution in [0, 0.1) is 11.8 Å². The molecular formula is C9H20FN. The van der Waals surface area contributed by atoms with Crippen LogP contribution in [0.15, 0.2) is 0 Å². The maximum absolute atomic E-state index is 12.0. The molecule has 1 aliphatic heterocycles. The van der Waals surface area contributed by atoms with Gasteiger partial charge in [-0.05, 0) is 18.9 Å². The minimum absolute atomic E-state index is 0.155. The zero-order chi connectivity index (χ0) is 8.69. The fraction of sp³-hybridized carbons (Fsp3) is 1.00. The van der Waals surface area contributed by atoms with E-state index in [0.29, 0.717) is 5.92 Å². The smallest absolute Gasteiger partial charge is 0.0934 e. The van der Waals surface area contributed by atoms with Crippen LogP contribution in [-0.2, 0) is 0 Å². The first-order valence-electron chi connectivity index (χ1n) is 4.59. The van der Waals surface area contributed by atoms with Crippen molar-refractivity contribution in [3.05, 3.63) is 0 Å². The lowest BCUT2D eigenvalue weighted by Crippen LogP contribution is -2.35. The monoisotopic (exact) mass is 161 g/mol. The number of alkyl halides is 1. The van der Waals surface area contributed by atoms with Gasteiger partial charge in [0.2, 0.25) is 0 Å². The van der Waals surface area contributed by atoms with Gasteiger partial charge in [0.15, 0.2) is 0 Å². The molecule has 1 saturated heterocycles. The molecule has 2 heteroatoms. The Bertz CT molecular complexity index is 85.6. The Morgan fingerprint density at radius 1 is 1.36 bits per heavy atom. The van der Waals surface area contributed by atoms with Gasteiger partial charge in [-0.1, -0.05) is 20.8 Å². The van der Waals surface area contributed by atoms with E-state index in [0.717, 1.165) is 19.5 Å². The maximum Gasteiger partial charge on any atom is 0.0934 e. The topological polar surface area (TPSA) is 12.0 Å². The molecule has 1 fully saturated rings. The number of hydrogen-bond acceptors (Lipinski definition) is 1. The van der Waals surface area contributed by atoms with Crippen LogP contribution >= 0.6 is 0 Å². The van der Waals surface area contributed by atoms with Gasteiger partial charge in [-0.3, -0.25) is 4.39 Å². The first-order valence-corrected chi connectivity index (χ1v) is 4.59. The fourth-order valence-electron chi connectivity index (χ4n) is 1.39. The maximum atomic E-state index is 12.0. The molecule has 68 valence electrons. The van der Waals surface area contributed by atoms with Crippen LogP contribution in [0.1, 0.15) is 27.2 Å². The molecule has 1 heterocycles. The average molecular weight is 161 g/mol. The normalized spacial score (nSPS) is 30.5. The van der Waals surface area contributed by atoms with Gasteiger partial charge in [-0.15, -0.1) is 0 Å². The van der Waals surface area contributed by atoms with Crippen LogP contribution in [0.3, 0.4) is 0 Å². The highest BCUT2D eigenvalue weighted by atomic mass is 19.1. The summed E-state index contributed by atoms with van der Waals surface area (Å²) < 4.78 is 12.0. The molecule has 1 aliphatic rings. The third-order valence-corrected chi connectivity index (χ3v) is 1.88. The van der Waals surface area contributed by atoms with Crippen molar-refractivity contribution in [3.63, 3.8) is 0 Å². The van der Waals surface area contributed by atoms with E-state index in [4.69, 9.17) is 0 Å². The molecule has 0 aromatic carbocycles. The fourth-order valence-corrected chi connectivity index (χ4v) is 1.39. The van der Waals surface area contributed by atoms with Crippen LogP contribution < -0.4 is 5.32 Å². The van der Waals surface area contributed by atoms with Crippen molar-refractivity contribution < 1.29 is 4.39 Å². The Balaban J connectivity index is 0.000000461. The molecule has 11 heavy (non-hydrogen) atoms. The van der Waals surface area contributed by atoms with Gasteiger partial charge in [0.1, 0.15) is 0 Å². The molecule has 1 nitrogen and oxygen atoms in total. The van der Waals surface area contributed by atoms with Gasteiger partial charge in [0, 0.05) is 12.5 Å². The molecule has 0 bridgehead atoms. The van der Waals surface area contributed by atoms with E-state index in [2.05, 4.69) is 12.2 Å². The van der Waals surface area contributed by atoms with Gasteiger partial charge in [0.25, 0.3) is 0 Å². The number of hydrogen-bond donors (Lipinski definition) is 1. The summed E-state index contributed by atoms with van der Waals surface area (Å²) in [6, 6.07) is 0. The Kier molecular flexibility index (Phi) is 6.52. The van der Waals surface area contributed by atoms with Crippen molar-refractivity contribution in [2.45, 2.75) is 27.2 Å². The highest BCUT2D eigenvalue weighted by molar-refractivity contribution is 4.72. The standard InChI is InChI=1S/C7H14FN.C2H6/c1-6-2-7(3-8)5-9-4-6;1-2/h6-7,9H,2-5H2,1H3;1-2H3. The summed E-state index contributed by atoms with van der Waals surface area (Å²) >= 11 is 0. The quantitative estimate of drug-likeness (QED) is 0.622. The van der Waals surface area contributed by atoms with Crippen LogP contribution in [0.4, 0.5) is 4.39 Å². The molecule has 0 spiro atoms. The van der Waals surface area contributed by atoms with E-state index in [9.17, 15) is 4.39 Å². The Hall–Kier alpha value is -0.110. The molecule has 1 rings (SSSR count). The SMILES string of the molecule is CC.CC1CNCC(CF)C1. The lowest BCUT2D eigenvalue weighted by atomic mass is 9.93. The van der Waals surface area contributed by atoms with Crippen molar-refractivity contribution in [2.24, 2.45) is 11.8 Å². The van der Waals surface area contributed by atoms with Gasteiger partial charge < -0.3 is 5.32 Å². The summed E-state index contributed by atoms with van der Waals surface area (Å²) in [7, 11) is 0. The number of rotatable bonds is 1. The predicted molar refractivity (Wildman–Crippen MR) is 47.5 cm³/mol. The van der Waals surface area contributed by atoms with Crippen LogP contribution in [-0.4, -0.2) is 19.8 Å².